The molecule has 1 rings (SSSR count). The maximum Gasteiger partial charge on any atom is 0.362 e. The maximum atomic E-state index is 11.1. The van der Waals surface area contributed by atoms with E-state index in [9.17, 15) is 4.57 Å². The molecule has 0 amide bonds. The van der Waals surface area contributed by atoms with Crippen LogP contribution < -0.4 is 0 Å². The largest absolute Gasteiger partial charge is 0.362 e. The number of hydrogen-bond donors (Lipinski definition) is 1. The van der Waals surface area contributed by atoms with Crippen molar-refractivity contribution in [2.75, 3.05) is 6.61 Å². The smallest absolute Gasteiger partial charge is 0.321 e. The van der Waals surface area contributed by atoms with Gasteiger partial charge in [-0.2, -0.15) is 0 Å². The van der Waals surface area contributed by atoms with E-state index in [1.165, 1.54) is 0 Å². The highest BCUT2D eigenvalue weighted by atomic mass is 32.1. The fourth-order valence-corrected chi connectivity index (χ4v) is 1.54. The third-order valence-electron chi connectivity index (χ3n) is 1.74. The van der Waals surface area contributed by atoms with Crippen molar-refractivity contribution in [1.29, 1.82) is 0 Å². The lowest BCUT2D eigenvalue weighted by molar-refractivity contribution is 0.307. The van der Waals surface area contributed by atoms with Gasteiger partial charge in [0.2, 0.25) is 0 Å². The summed E-state index contributed by atoms with van der Waals surface area (Å²) < 4.78 is 15.8. The molecule has 0 aliphatic rings. The zero-order valence-corrected chi connectivity index (χ0v) is 9.71. The average molecular weight is 242 g/mol. The molecule has 15 heavy (non-hydrogen) atoms. The first-order valence-corrected chi connectivity index (χ1v) is 6.33. The van der Waals surface area contributed by atoms with E-state index in [2.05, 4.69) is 18.8 Å². The molecule has 1 unspecified atom stereocenters. The predicted octanol–water partition coefficient (Wildman–Crippen LogP) is 2.86. The van der Waals surface area contributed by atoms with E-state index < -0.39 is 7.60 Å². The van der Waals surface area contributed by atoms with Crippen LogP contribution in [0.3, 0.4) is 0 Å². The highest BCUT2D eigenvalue weighted by Crippen LogP contribution is 2.39. The van der Waals surface area contributed by atoms with Crippen LogP contribution >= 0.6 is 19.8 Å². The number of benzene rings is 1. The van der Waals surface area contributed by atoms with Gasteiger partial charge in [-0.3, -0.25) is 4.57 Å². The van der Waals surface area contributed by atoms with Crippen LogP contribution in [0.4, 0.5) is 0 Å². The molecule has 80 valence electrons. The van der Waals surface area contributed by atoms with Gasteiger partial charge < -0.3 is 9.42 Å². The summed E-state index contributed by atoms with van der Waals surface area (Å²) in [6, 6.07) is 9.30. The van der Waals surface area contributed by atoms with Crippen molar-refractivity contribution in [1.82, 2.24) is 0 Å². The van der Waals surface area contributed by atoms with Crippen molar-refractivity contribution in [2.24, 2.45) is 0 Å². The van der Waals surface area contributed by atoms with Gasteiger partial charge in [0, 0.05) is 0 Å². The van der Waals surface area contributed by atoms with Crippen LogP contribution in [0.25, 0.3) is 5.57 Å². The molecule has 0 aliphatic carbocycles. The molecule has 0 spiro atoms. The molecular formula is C10H11O3PS. The second-order valence-electron chi connectivity index (χ2n) is 2.91. The zero-order chi connectivity index (χ0) is 11.3. The van der Waals surface area contributed by atoms with E-state index in [1.54, 1.807) is 0 Å². The van der Waals surface area contributed by atoms with Gasteiger partial charge in [-0.25, -0.2) is 0 Å². The number of hydrogen-bond acceptors (Lipinski definition) is 3. The van der Waals surface area contributed by atoms with E-state index in [4.69, 9.17) is 9.42 Å². The third-order valence-corrected chi connectivity index (χ3v) is 3.30. The molecular weight excluding hydrogens is 231 g/mol. The van der Waals surface area contributed by atoms with Gasteiger partial charge in [0.05, 0.1) is 11.7 Å². The number of rotatable bonds is 5. The maximum absolute atomic E-state index is 11.1. The molecule has 1 aromatic rings. The Morgan fingerprint density at radius 1 is 1.53 bits per heavy atom. The van der Waals surface area contributed by atoms with Crippen molar-refractivity contribution in [3.63, 3.8) is 0 Å². The summed E-state index contributed by atoms with van der Waals surface area (Å²) in [6.45, 7) is 3.75. The fraction of sp³-hybridized carbons (Fsp3) is 0.100. The Morgan fingerprint density at radius 2 is 2.13 bits per heavy atom. The van der Waals surface area contributed by atoms with Gasteiger partial charge in [-0.1, -0.05) is 49.1 Å². The molecule has 0 aliphatic heterocycles. The van der Waals surface area contributed by atoms with E-state index in [-0.39, 0.29) is 6.61 Å². The Kier molecular flexibility index (Phi) is 4.36. The first kappa shape index (κ1) is 12.3. The SMILES string of the molecule is C=C(COP(=O)(O)C=S)c1ccccc1. The first-order valence-electron chi connectivity index (χ1n) is 4.22. The van der Waals surface area contributed by atoms with Crippen molar-refractivity contribution >= 4 is 30.5 Å². The minimum atomic E-state index is -3.72. The third kappa shape index (κ3) is 4.06. The second-order valence-corrected chi connectivity index (χ2v) is 5.14. The molecule has 0 aromatic heterocycles. The van der Waals surface area contributed by atoms with Crippen LogP contribution in [0, 0.1) is 0 Å². The molecule has 3 nitrogen and oxygen atoms in total. The Bertz CT molecular complexity index is 402. The minimum Gasteiger partial charge on any atom is -0.321 e. The van der Waals surface area contributed by atoms with Gasteiger partial charge in [0.25, 0.3) is 0 Å². The van der Waals surface area contributed by atoms with Crippen molar-refractivity contribution in [3.8, 4) is 0 Å². The van der Waals surface area contributed by atoms with Gasteiger partial charge in [-0.15, -0.1) is 0 Å². The van der Waals surface area contributed by atoms with E-state index in [0.29, 0.717) is 5.57 Å². The molecule has 0 bridgehead atoms. The Morgan fingerprint density at radius 3 is 2.67 bits per heavy atom. The monoisotopic (exact) mass is 242 g/mol. The molecule has 1 N–H and O–H groups in total. The summed E-state index contributed by atoms with van der Waals surface area (Å²) in [4.78, 5) is 9.05. The summed E-state index contributed by atoms with van der Waals surface area (Å²) in [5.74, 6) is 0. The fourth-order valence-electron chi connectivity index (χ4n) is 0.958. The first-order chi connectivity index (χ1) is 7.05. The lowest BCUT2D eigenvalue weighted by Gasteiger charge is -2.09. The topological polar surface area (TPSA) is 46.5 Å². The minimum absolute atomic E-state index is 0.00900. The molecule has 0 radical (unpaired) electrons. The molecule has 0 heterocycles. The molecule has 1 aromatic carbocycles. The van der Waals surface area contributed by atoms with Gasteiger partial charge in [-0.05, 0) is 11.1 Å². The molecule has 0 saturated carbocycles. The van der Waals surface area contributed by atoms with E-state index in [0.717, 1.165) is 10.7 Å². The molecule has 0 saturated heterocycles. The van der Waals surface area contributed by atoms with Crippen LogP contribution in [0.5, 0.6) is 0 Å². The zero-order valence-electron chi connectivity index (χ0n) is 8.00. The summed E-state index contributed by atoms with van der Waals surface area (Å²) in [6.07, 6.45) is 0. The van der Waals surface area contributed by atoms with Crippen molar-refractivity contribution < 1.29 is 14.0 Å². The van der Waals surface area contributed by atoms with Crippen molar-refractivity contribution in [3.05, 3.63) is 42.5 Å². The number of thiocarbonyl (C=S) groups is 1. The summed E-state index contributed by atoms with van der Waals surface area (Å²) >= 11 is 4.36. The van der Waals surface area contributed by atoms with Crippen LogP contribution in [0.1, 0.15) is 5.56 Å². The molecule has 0 fully saturated rings. The highest BCUT2D eigenvalue weighted by Gasteiger charge is 2.14. The Hall–Kier alpha value is -0.800. The predicted molar refractivity (Wildman–Crippen MR) is 64.9 cm³/mol. The highest BCUT2D eigenvalue weighted by molar-refractivity contribution is 7.94. The quantitative estimate of drug-likeness (QED) is 0.637. The summed E-state index contributed by atoms with van der Waals surface area (Å²) in [5, 5.41) is 0.741. The van der Waals surface area contributed by atoms with Crippen LogP contribution in [-0.4, -0.2) is 16.6 Å². The second kappa shape index (κ2) is 5.33. The lowest BCUT2D eigenvalue weighted by Crippen LogP contribution is -1.95. The average Bonchev–Trinajstić information content (AvgIpc) is 2.27. The van der Waals surface area contributed by atoms with Gasteiger partial charge in [0.1, 0.15) is 0 Å². The van der Waals surface area contributed by atoms with E-state index >= 15 is 0 Å². The summed E-state index contributed by atoms with van der Waals surface area (Å²) in [5.41, 5.74) is 1.52. The summed E-state index contributed by atoms with van der Waals surface area (Å²) in [7, 11) is -3.72. The Labute approximate surface area is 93.9 Å². The lowest BCUT2D eigenvalue weighted by atomic mass is 10.1. The van der Waals surface area contributed by atoms with Gasteiger partial charge in [0.15, 0.2) is 0 Å². The van der Waals surface area contributed by atoms with Crippen LogP contribution in [0.2, 0.25) is 0 Å². The molecule has 5 heteroatoms. The standard InChI is InChI=1S/C10H11O3PS/c1-9(7-13-14(11,12)8-15)10-5-3-2-4-6-10/h2-6,8H,1,7H2,(H,11,12). The Balaban J connectivity index is 2.59. The normalized spacial score (nSPS) is 14.2. The van der Waals surface area contributed by atoms with E-state index in [1.807, 2.05) is 30.3 Å². The van der Waals surface area contributed by atoms with Crippen LogP contribution in [-0.2, 0) is 9.09 Å². The van der Waals surface area contributed by atoms with Gasteiger partial charge >= 0.3 is 7.60 Å². The molecule has 1 atom stereocenters. The van der Waals surface area contributed by atoms with Crippen LogP contribution in [0.15, 0.2) is 36.9 Å². The van der Waals surface area contributed by atoms with Crippen molar-refractivity contribution in [2.45, 2.75) is 0 Å².